The quantitative estimate of drug-likeness (QED) is 0.619. The molecule has 108 valence electrons. The molecular formula is C16H23NO2Si. The Morgan fingerprint density at radius 2 is 1.80 bits per heavy atom. The summed E-state index contributed by atoms with van der Waals surface area (Å²) in [5.74, 6) is 3.16. The van der Waals surface area contributed by atoms with Crippen molar-refractivity contribution in [2.45, 2.75) is 46.0 Å². The Bertz CT molecular complexity index is 542. The fourth-order valence-corrected chi connectivity index (χ4v) is 1.88. The molecule has 0 heterocycles. The van der Waals surface area contributed by atoms with Crippen molar-refractivity contribution in [3.05, 3.63) is 29.8 Å². The van der Waals surface area contributed by atoms with Gasteiger partial charge in [-0.3, -0.25) is 5.32 Å². The van der Waals surface area contributed by atoms with Crippen molar-refractivity contribution in [3.8, 4) is 11.5 Å². The molecular weight excluding hydrogens is 266 g/mol. The Morgan fingerprint density at radius 1 is 1.20 bits per heavy atom. The molecule has 0 atom stereocenters. The molecule has 3 nitrogen and oxygen atoms in total. The molecule has 0 saturated heterocycles. The number of ether oxygens (including phenoxy) is 1. The third-order valence-electron chi connectivity index (χ3n) is 2.13. The third-order valence-corrected chi connectivity index (χ3v) is 3.01. The lowest BCUT2D eigenvalue weighted by atomic mass is 10.2. The first-order valence-corrected chi connectivity index (χ1v) is 10.2. The van der Waals surface area contributed by atoms with Crippen LogP contribution >= 0.6 is 0 Å². The van der Waals surface area contributed by atoms with Crippen LogP contribution in [0.1, 0.15) is 26.3 Å². The minimum atomic E-state index is -1.45. The van der Waals surface area contributed by atoms with Crippen molar-refractivity contribution < 1.29 is 9.53 Å². The first-order valence-electron chi connectivity index (χ1n) is 6.69. The summed E-state index contributed by atoms with van der Waals surface area (Å²) in [5, 5.41) is 2.76. The molecule has 0 aliphatic carbocycles. The Morgan fingerprint density at radius 3 is 2.35 bits per heavy atom. The molecule has 0 radical (unpaired) electrons. The first-order chi connectivity index (χ1) is 9.07. The van der Waals surface area contributed by atoms with Crippen LogP contribution in [0, 0.1) is 11.5 Å². The van der Waals surface area contributed by atoms with E-state index in [0.29, 0.717) is 5.69 Å². The van der Waals surface area contributed by atoms with Gasteiger partial charge in [-0.25, -0.2) is 4.79 Å². The summed E-state index contributed by atoms with van der Waals surface area (Å²) in [5.41, 5.74) is 4.29. The molecule has 20 heavy (non-hydrogen) atoms. The molecule has 0 unspecified atom stereocenters. The summed E-state index contributed by atoms with van der Waals surface area (Å²) in [6.45, 7) is 12.1. The maximum absolute atomic E-state index is 11.8. The molecule has 1 N–H and O–H groups in total. The standard InChI is InChI=1S/C16H23NO2Si/c1-16(2,3)19-15(18)17-14-10-8-7-9-13(14)11-12-20(4,5)6/h7-10H,1-6H3,(H,17,18). The average Bonchev–Trinajstić information content (AvgIpc) is 2.24. The molecule has 1 rings (SSSR count). The summed E-state index contributed by atoms with van der Waals surface area (Å²) < 4.78 is 5.25. The number of nitrogens with one attached hydrogen (secondary N) is 1. The average molecular weight is 289 g/mol. The predicted molar refractivity (Wildman–Crippen MR) is 86.5 cm³/mol. The maximum atomic E-state index is 11.8. The van der Waals surface area contributed by atoms with Gasteiger partial charge in [-0.15, -0.1) is 5.54 Å². The number of hydrogen-bond acceptors (Lipinski definition) is 2. The van der Waals surface area contributed by atoms with Crippen molar-refractivity contribution in [2.24, 2.45) is 0 Å². The second-order valence-corrected chi connectivity index (χ2v) is 11.4. The van der Waals surface area contributed by atoms with Gasteiger partial charge in [0.05, 0.1) is 5.69 Å². The number of carbonyl (C=O) groups is 1. The van der Waals surface area contributed by atoms with Crippen LogP contribution < -0.4 is 5.32 Å². The summed E-state index contributed by atoms with van der Waals surface area (Å²) in [4.78, 5) is 11.8. The normalized spacial score (nSPS) is 11.3. The molecule has 1 aromatic rings. The van der Waals surface area contributed by atoms with Gasteiger partial charge in [0, 0.05) is 5.56 Å². The molecule has 1 amide bonds. The number of hydrogen-bond donors (Lipinski definition) is 1. The van der Waals surface area contributed by atoms with Gasteiger partial charge in [-0.2, -0.15) is 0 Å². The second kappa shape index (κ2) is 6.15. The lowest BCUT2D eigenvalue weighted by molar-refractivity contribution is 0.0636. The highest BCUT2D eigenvalue weighted by molar-refractivity contribution is 6.83. The van der Waals surface area contributed by atoms with Crippen LogP contribution in [0.5, 0.6) is 0 Å². The number of carbonyl (C=O) groups excluding carboxylic acids is 1. The van der Waals surface area contributed by atoms with Crippen molar-refractivity contribution in [2.75, 3.05) is 5.32 Å². The highest BCUT2D eigenvalue weighted by Crippen LogP contribution is 2.16. The van der Waals surface area contributed by atoms with E-state index in [4.69, 9.17) is 4.74 Å². The minimum absolute atomic E-state index is 0.459. The monoisotopic (exact) mass is 289 g/mol. The van der Waals surface area contributed by atoms with Gasteiger partial charge >= 0.3 is 6.09 Å². The van der Waals surface area contributed by atoms with Gasteiger partial charge < -0.3 is 4.74 Å². The zero-order valence-corrected chi connectivity index (χ0v) is 14.1. The van der Waals surface area contributed by atoms with Gasteiger partial charge in [0.1, 0.15) is 13.7 Å². The van der Waals surface area contributed by atoms with Crippen molar-refractivity contribution >= 4 is 19.9 Å². The van der Waals surface area contributed by atoms with E-state index in [0.717, 1.165) is 5.56 Å². The van der Waals surface area contributed by atoms with E-state index < -0.39 is 19.8 Å². The van der Waals surface area contributed by atoms with Crippen LogP contribution in [0.25, 0.3) is 0 Å². The minimum Gasteiger partial charge on any atom is -0.444 e. The zero-order chi connectivity index (χ0) is 15.4. The topological polar surface area (TPSA) is 38.3 Å². The maximum Gasteiger partial charge on any atom is 0.412 e. The van der Waals surface area contributed by atoms with Crippen LogP contribution in [0.15, 0.2) is 24.3 Å². The predicted octanol–water partition coefficient (Wildman–Crippen LogP) is 4.26. The first kappa shape index (κ1) is 16.3. The molecule has 4 heteroatoms. The van der Waals surface area contributed by atoms with Gasteiger partial charge in [0.2, 0.25) is 0 Å². The van der Waals surface area contributed by atoms with Crippen LogP contribution in [0.4, 0.5) is 10.5 Å². The molecule has 0 aliphatic rings. The largest absolute Gasteiger partial charge is 0.444 e. The van der Waals surface area contributed by atoms with E-state index in [-0.39, 0.29) is 0 Å². The van der Waals surface area contributed by atoms with E-state index in [2.05, 4.69) is 36.4 Å². The van der Waals surface area contributed by atoms with Crippen LogP contribution in [-0.4, -0.2) is 19.8 Å². The van der Waals surface area contributed by atoms with Crippen LogP contribution in [0.2, 0.25) is 19.6 Å². The Hall–Kier alpha value is -1.73. The molecule has 0 aliphatic heterocycles. The Labute approximate surface area is 122 Å². The van der Waals surface area contributed by atoms with Gasteiger partial charge in [-0.05, 0) is 32.9 Å². The second-order valence-electron chi connectivity index (χ2n) is 6.67. The number of rotatable bonds is 1. The molecule has 0 aromatic heterocycles. The van der Waals surface area contributed by atoms with E-state index in [1.54, 1.807) is 0 Å². The Kier molecular flexibility index (Phi) is 5.02. The highest BCUT2D eigenvalue weighted by Gasteiger charge is 2.17. The Balaban J connectivity index is 2.91. The van der Waals surface area contributed by atoms with Crippen molar-refractivity contribution in [1.29, 1.82) is 0 Å². The SMILES string of the molecule is CC(C)(C)OC(=O)Nc1ccccc1C#C[Si](C)(C)C. The smallest absolute Gasteiger partial charge is 0.412 e. The molecule has 0 fully saturated rings. The fourth-order valence-electron chi connectivity index (χ4n) is 1.37. The van der Waals surface area contributed by atoms with Gasteiger partial charge in [-0.1, -0.05) is 37.7 Å². The van der Waals surface area contributed by atoms with Crippen molar-refractivity contribution in [1.82, 2.24) is 0 Å². The molecule has 1 aromatic carbocycles. The molecule has 0 bridgehead atoms. The third kappa shape index (κ3) is 6.44. The number of benzene rings is 1. The summed E-state index contributed by atoms with van der Waals surface area (Å²) >= 11 is 0. The number of anilines is 1. The number of para-hydroxylation sites is 1. The highest BCUT2D eigenvalue weighted by atomic mass is 28.3. The van der Waals surface area contributed by atoms with E-state index >= 15 is 0 Å². The number of amides is 1. The summed E-state index contributed by atoms with van der Waals surface area (Å²) in [7, 11) is -1.45. The van der Waals surface area contributed by atoms with E-state index in [1.807, 2.05) is 45.0 Å². The van der Waals surface area contributed by atoms with Crippen LogP contribution in [0.3, 0.4) is 0 Å². The van der Waals surface area contributed by atoms with Crippen LogP contribution in [-0.2, 0) is 4.74 Å². The fraction of sp³-hybridized carbons (Fsp3) is 0.438. The summed E-state index contributed by atoms with van der Waals surface area (Å²) in [6, 6.07) is 7.51. The van der Waals surface area contributed by atoms with E-state index in [9.17, 15) is 4.79 Å². The van der Waals surface area contributed by atoms with Gasteiger partial charge in [0.25, 0.3) is 0 Å². The van der Waals surface area contributed by atoms with E-state index in [1.165, 1.54) is 0 Å². The van der Waals surface area contributed by atoms with Gasteiger partial charge in [0.15, 0.2) is 0 Å². The molecule has 0 spiro atoms. The lowest BCUT2D eigenvalue weighted by Crippen LogP contribution is -2.27. The summed E-state index contributed by atoms with van der Waals surface area (Å²) in [6.07, 6.45) is -0.459. The molecule has 0 saturated carbocycles. The van der Waals surface area contributed by atoms with Crippen molar-refractivity contribution in [3.63, 3.8) is 0 Å². The zero-order valence-electron chi connectivity index (χ0n) is 13.1. The lowest BCUT2D eigenvalue weighted by Gasteiger charge is -2.20.